The van der Waals surface area contributed by atoms with E-state index in [0.717, 1.165) is 17.5 Å². The van der Waals surface area contributed by atoms with E-state index in [9.17, 15) is 14.4 Å². The average Bonchev–Trinajstić information content (AvgIpc) is 3.01. The molecule has 148 valence electrons. The van der Waals surface area contributed by atoms with Crippen LogP contribution in [0, 0.1) is 6.92 Å². The summed E-state index contributed by atoms with van der Waals surface area (Å²) in [6, 6.07) is 11.6. The Balaban J connectivity index is 1.92. The van der Waals surface area contributed by atoms with Gasteiger partial charge in [-0.1, -0.05) is 30.7 Å². The topological polar surface area (TPSA) is 76.8 Å². The van der Waals surface area contributed by atoms with E-state index in [0.29, 0.717) is 28.6 Å². The zero-order chi connectivity index (χ0) is 20.7. The summed E-state index contributed by atoms with van der Waals surface area (Å²) in [4.78, 5) is 39.8. The maximum Gasteiger partial charge on any atom is 0.337 e. The van der Waals surface area contributed by atoms with Crippen LogP contribution in [0.1, 0.15) is 57.0 Å². The molecule has 2 heterocycles. The van der Waals surface area contributed by atoms with Gasteiger partial charge in [-0.3, -0.25) is 9.59 Å². The van der Waals surface area contributed by atoms with Crippen LogP contribution in [-0.4, -0.2) is 30.4 Å². The molecule has 1 aliphatic rings. The van der Waals surface area contributed by atoms with E-state index in [1.165, 1.54) is 7.11 Å². The SMILES string of the molecule is CCCN1C(=O)c2oc3ccc(C)cc3c(=O)c2C1c1ccc(C(=O)OC)cc1. The lowest BCUT2D eigenvalue weighted by Crippen LogP contribution is -2.30. The van der Waals surface area contributed by atoms with Crippen LogP contribution in [0.4, 0.5) is 0 Å². The number of rotatable bonds is 4. The first-order valence-corrected chi connectivity index (χ1v) is 9.52. The largest absolute Gasteiger partial charge is 0.465 e. The first kappa shape index (κ1) is 18.9. The van der Waals surface area contributed by atoms with Crippen molar-refractivity contribution in [1.82, 2.24) is 4.90 Å². The van der Waals surface area contributed by atoms with E-state index in [1.807, 2.05) is 19.9 Å². The number of ether oxygens (including phenoxy) is 1. The smallest absolute Gasteiger partial charge is 0.337 e. The average molecular weight is 391 g/mol. The zero-order valence-electron chi connectivity index (χ0n) is 16.5. The maximum absolute atomic E-state index is 13.4. The first-order valence-electron chi connectivity index (χ1n) is 9.52. The molecule has 6 heteroatoms. The Morgan fingerprint density at radius 1 is 1.14 bits per heavy atom. The highest BCUT2D eigenvalue weighted by Crippen LogP contribution is 2.38. The summed E-state index contributed by atoms with van der Waals surface area (Å²) in [6.07, 6.45) is 0.739. The summed E-state index contributed by atoms with van der Waals surface area (Å²) < 4.78 is 10.6. The lowest BCUT2D eigenvalue weighted by molar-refractivity contribution is 0.0600. The van der Waals surface area contributed by atoms with Gasteiger partial charge < -0.3 is 14.1 Å². The van der Waals surface area contributed by atoms with Crippen LogP contribution in [0.25, 0.3) is 11.0 Å². The number of aryl methyl sites for hydroxylation is 1. The van der Waals surface area contributed by atoms with Crippen molar-refractivity contribution < 1.29 is 18.7 Å². The van der Waals surface area contributed by atoms with Gasteiger partial charge in [-0.2, -0.15) is 0 Å². The highest BCUT2D eigenvalue weighted by atomic mass is 16.5. The number of carbonyl (C=O) groups excluding carboxylic acids is 2. The molecule has 0 aliphatic carbocycles. The molecule has 29 heavy (non-hydrogen) atoms. The Hall–Kier alpha value is -3.41. The van der Waals surface area contributed by atoms with Crippen molar-refractivity contribution in [3.63, 3.8) is 0 Å². The first-order chi connectivity index (χ1) is 14.0. The van der Waals surface area contributed by atoms with E-state index in [-0.39, 0.29) is 17.1 Å². The number of amides is 1. The van der Waals surface area contributed by atoms with Gasteiger partial charge in [0.15, 0.2) is 5.43 Å². The van der Waals surface area contributed by atoms with E-state index < -0.39 is 12.0 Å². The van der Waals surface area contributed by atoms with E-state index in [4.69, 9.17) is 9.15 Å². The summed E-state index contributed by atoms with van der Waals surface area (Å²) in [6.45, 7) is 4.37. The van der Waals surface area contributed by atoms with Crippen molar-refractivity contribution in [3.8, 4) is 0 Å². The molecule has 0 saturated heterocycles. The number of fused-ring (bicyclic) bond motifs is 2. The van der Waals surface area contributed by atoms with Crippen molar-refractivity contribution in [2.45, 2.75) is 26.3 Å². The molecule has 0 saturated carbocycles. The fourth-order valence-corrected chi connectivity index (χ4v) is 3.87. The summed E-state index contributed by atoms with van der Waals surface area (Å²) >= 11 is 0. The Labute approximate surface area is 167 Å². The molecule has 6 nitrogen and oxygen atoms in total. The number of nitrogens with zero attached hydrogens (tertiary/aromatic N) is 1. The second kappa shape index (κ2) is 7.20. The Morgan fingerprint density at radius 2 is 1.86 bits per heavy atom. The number of benzene rings is 2. The monoisotopic (exact) mass is 391 g/mol. The number of hydrogen-bond acceptors (Lipinski definition) is 5. The fourth-order valence-electron chi connectivity index (χ4n) is 3.87. The third kappa shape index (κ3) is 3.01. The predicted molar refractivity (Wildman–Crippen MR) is 108 cm³/mol. The molecule has 1 amide bonds. The van der Waals surface area contributed by atoms with Crippen LogP contribution in [-0.2, 0) is 4.74 Å². The minimum absolute atomic E-state index is 0.0989. The summed E-state index contributed by atoms with van der Waals surface area (Å²) in [5, 5.41) is 0.464. The van der Waals surface area contributed by atoms with E-state index in [1.54, 1.807) is 41.3 Å². The van der Waals surface area contributed by atoms with Crippen LogP contribution >= 0.6 is 0 Å². The van der Waals surface area contributed by atoms with Crippen LogP contribution < -0.4 is 5.43 Å². The molecular formula is C23H21NO5. The van der Waals surface area contributed by atoms with Gasteiger partial charge in [0.25, 0.3) is 5.91 Å². The van der Waals surface area contributed by atoms with Gasteiger partial charge in [-0.15, -0.1) is 0 Å². The minimum Gasteiger partial charge on any atom is -0.465 e. The second-order valence-electron chi connectivity index (χ2n) is 7.19. The lowest BCUT2D eigenvalue weighted by atomic mass is 9.97. The number of carbonyl (C=O) groups is 2. The van der Waals surface area contributed by atoms with Crippen LogP contribution in [0.5, 0.6) is 0 Å². The van der Waals surface area contributed by atoms with Crippen LogP contribution in [0.3, 0.4) is 0 Å². The van der Waals surface area contributed by atoms with Gasteiger partial charge in [0.2, 0.25) is 5.76 Å². The second-order valence-corrected chi connectivity index (χ2v) is 7.19. The third-order valence-corrected chi connectivity index (χ3v) is 5.23. The molecule has 0 fully saturated rings. The number of hydrogen-bond donors (Lipinski definition) is 0. The molecule has 0 bridgehead atoms. The molecule has 2 aromatic carbocycles. The highest BCUT2D eigenvalue weighted by Gasteiger charge is 2.42. The summed E-state index contributed by atoms with van der Waals surface area (Å²) in [7, 11) is 1.32. The zero-order valence-corrected chi connectivity index (χ0v) is 16.5. The number of esters is 1. The van der Waals surface area contributed by atoms with Gasteiger partial charge >= 0.3 is 5.97 Å². The van der Waals surface area contributed by atoms with Crippen molar-refractivity contribution in [2.75, 3.05) is 13.7 Å². The molecule has 1 unspecified atom stereocenters. The van der Waals surface area contributed by atoms with Gasteiger partial charge in [-0.25, -0.2) is 4.79 Å². The van der Waals surface area contributed by atoms with Crippen molar-refractivity contribution in [2.24, 2.45) is 0 Å². The van der Waals surface area contributed by atoms with Crippen LogP contribution in [0.2, 0.25) is 0 Å². The predicted octanol–water partition coefficient (Wildman–Crippen LogP) is 3.84. The molecule has 1 aromatic heterocycles. The Morgan fingerprint density at radius 3 is 2.52 bits per heavy atom. The normalized spacial score (nSPS) is 15.6. The molecule has 0 N–H and O–H groups in total. The minimum atomic E-state index is -0.551. The van der Waals surface area contributed by atoms with Gasteiger partial charge in [0, 0.05) is 6.54 Å². The molecule has 1 atom stereocenters. The molecule has 0 radical (unpaired) electrons. The third-order valence-electron chi connectivity index (χ3n) is 5.23. The molecule has 3 aromatic rings. The van der Waals surface area contributed by atoms with Crippen molar-refractivity contribution >= 4 is 22.8 Å². The summed E-state index contributed by atoms with van der Waals surface area (Å²) in [5.41, 5.74) is 2.66. The van der Waals surface area contributed by atoms with Gasteiger partial charge in [0.1, 0.15) is 5.58 Å². The maximum atomic E-state index is 13.4. The molecule has 1 aliphatic heterocycles. The standard InChI is InChI=1S/C23H21NO5/c1-4-11-24-19(14-6-8-15(9-7-14)23(27)28-3)18-20(25)16-12-13(2)5-10-17(16)29-21(18)22(24)26/h5-10,12,19H,4,11H2,1-3H3. The number of methoxy groups -OCH3 is 1. The molecular weight excluding hydrogens is 370 g/mol. The lowest BCUT2D eigenvalue weighted by Gasteiger charge is -2.24. The molecule has 4 rings (SSSR count). The Kier molecular flexibility index (Phi) is 4.70. The Bertz CT molecular complexity index is 1180. The van der Waals surface area contributed by atoms with Crippen molar-refractivity contribution in [3.05, 3.63) is 80.7 Å². The van der Waals surface area contributed by atoms with Gasteiger partial charge in [0.05, 0.1) is 29.7 Å². The van der Waals surface area contributed by atoms with Crippen LogP contribution in [0.15, 0.2) is 51.7 Å². The fraction of sp³-hybridized carbons (Fsp3) is 0.261. The van der Waals surface area contributed by atoms with E-state index in [2.05, 4.69) is 0 Å². The highest BCUT2D eigenvalue weighted by molar-refractivity contribution is 5.99. The van der Waals surface area contributed by atoms with Gasteiger partial charge in [-0.05, 0) is 43.2 Å². The van der Waals surface area contributed by atoms with Crippen molar-refractivity contribution in [1.29, 1.82) is 0 Å². The molecule has 0 spiro atoms. The quantitative estimate of drug-likeness (QED) is 0.632. The van der Waals surface area contributed by atoms with E-state index >= 15 is 0 Å². The summed E-state index contributed by atoms with van der Waals surface area (Å²) in [5.74, 6) is -0.629.